The van der Waals surface area contributed by atoms with Gasteiger partial charge in [0.05, 0.1) is 6.33 Å². The molecular formula is C10H14N6. The number of H-pyrrole nitrogens is 1. The molecule has 0 aromatic carbocycles. The van der Waals surface area contributed by atoms with Crippen LogP contribution in [0.15, 0.2) is 6.33 Å². The van der Waals surface area contributed by atoms with E-state index >= 15 is 0 Å². The Kier molecular flexibility index (Phi) is 1.95. The van der Waals surface area contributed by atoms with Crippen LogP contribution in [0.25, 0.3) is 11.2 Å². The zero-order chi connectivity index (χ0) is 11.1. The van der Waals surface area contributed by atoms with Crippen molar-refractivity contribution in [2.45, 2.75) is 25.8 Å². The summed E-state index contributed by atoms with van der Waals surface area (Å²) < 4.78 is 0. The van der Waals surface area contributed by atoms with Crippen LogP contribution in [-0.4, -0.2) is 26.0 Å². The number of hydrogen-bond acceptors (Lipinski definition) is 5. The van der Waals surface area contributed by atoms with Gasteiger partial charge in [-0.05, 0) is 18.8 Å². The average molecular weight is 218 g/mol. The first-order valence-electron chi connectivity index (χ1n) is 5.45. The highest BCUT2D eigenvalue weighted by Gasteiger charge is 2.26. The third-order valence-electron chi connectivity index (χ3n) is 3.02. The molecule has 0 radical (unpaired) electrons. The van der Waals surface area contributed by atoms with Gasteiger partial charge in [0.2, 0.25) is 5.95 Å². The summed E-state index contributed by atoms with van der Waals surface area (Å²) in [5.41, 5.74) is 7.07. The summed E-state index contributed by atoms with van der Waals surface area (Å²) in [6, 6.07) is 0.496. The largest absolute Gasteiger partial charge is 0.368 e. The standard InChI is InChI=1S/C10H14N6/c1-5-2-6(3-5)14-9-7-8(13-4-12-7)15-10(11)16-9/h4-6H,2-3H2,1H3,(H4,11,12,13,14,15,16). The maximum atomic E-state index is 5.63. The first-order valence-corrected chi connectivity index (χ1v) is 5.45. The molecular weight excluding hydrogens is 204 g/mol. The van der Waals surface area contributed by atoms with Crippen molar-refractivity contribution in [3.05, 3.63) is 6.33 Å². The van der Waals surface area contributed by atoms with E-state index in [2.05, 4.69) is 32.2 Å². The number of fused-ring (bicyclic) bond motifs is 1. The average Bonchev–Trinajstić information content (AvgIpc) is 2.62. The molecule has 1 aliphatic rings. The second-order valence-electron chi connectivity index (χ2n) is 4.45. The molecule has 0 aliphatic heterocycles. The summed E-state index contributed by atoms with van der Waals surface area (Å²) in [6.45, 7) is 2.25. The lowest BCUT2D eigenvalue weighted by molar-refractivity contribution is 0.309. The fraction of sp³-hybridized carbons (Fsp3) is 0.500. The number of nitrogen functional groups attached to an aromatic ring is 1. The number of nitrogens with zero attached hydrogens (tertiary/aromatic N) is 3. The van der Waals surface area contributed by atoms with Gasteiger partial charge >= 0.3 is 0 Å². The third kappa shape index (κ3) is 1.46. The summed E-state index contributed by atoms with van der Waals surface area (Å²) >= 11 is 0. The number of nitrogens with two attached hydrogens (primary N) is 1. The minimum atomic E-state index is 0.259. The Morgan fingerprint density at radius 2 is 2.25 bits per heavy atom. The van der Waals surface area contributed by atoms with E-state index in [1.807, 2.05) is 0 Å². The molecule has 4 N–H and O–H groups in total. The number of hydrogen-bond donors (Lipinski definition) is 3. The monoisotopic (exact) mass is 218 g/mol. The molecule has 1 fully saturated rings. The van der Waals surface area contributed by atoms with Crippen LogP contribution < -0.4 is 11.1 Å². The van der Waals surface area contributed by atoms with E-state index in [4.69, 9.17) is 5.73 Å². The van der Waals surface area contributed by atoms with Gasteiger partial charge in [-0.2, -0.15) is 9.97 Å². The van der Waals surface area contributed by atoms with E-state index in [1.54, 1.807) is 6.33 Å². The summed E-state index contributed by atoms with van der Waals surface area (Å²) in [5.74, 6) is 1.82. The topological polar surface area (TPSA) is 92.5 Å². The molecule has 0 atom stereocenters. The molecule has 0 unspecified atom stereocenters. The van der Waals surface area contributed by atoms with Crippen LogP contribution in [-0.2, 0) is 0 Å². The normalized spacial score (nSPS) is 24.3. The molecule has 0 bridgehead atoms. The number of rotatable bonds is 2. The number of aromatic amines is 1. The Hall–Kier alpha value is -1.85. The molecule has 2 aromatic heterocycles. The minimum Gasteiger partial charge on any atom is -0.368 e. The summed E-state index contributed by atoms with van der Waals surface area (Å²) in [4.78, 5) is 15.4. The van der Waals surface area contributed by atoms with E-state index in [-0.39, 0.29) is 5.95 Å². The van der Waals surface area contributed by atoms with Gasteiger partial charge in [-0.3, -0.25) is 0 Å². The van der Waals surface area contributed by atoms with Crippen molar-refractivity contribution in [3.63, 3.8) is 0 Å². The van der Waals surface area contributed by atoms with Crippen molar-refractivity contribution >= 4 is 22.9 Å². The third-order valence-corrected chi connectivity index (χ3v) is 3.02. The fourth-order valence-electron chi connectivity index (χ4n) is 2.17. The SMILES string of the molecule is CC1CC(Nc2nc(N)nc3nc[nH]c23)C1. The maximum Gasteiger partial charge on any atom is 0.224 e. The van der Waals surface area contributed by atoms with Gasteiger partial charge in [-0.1, -0.05) is 6.92 Å². The van der Waals surface area contributed by atoms with Crippen molar-refractivity contribution in [3.8, 4) is 0 Å². The van der Waals surface area contributed by atoms with E-state index < -0.39 is 0 Å². The number of imidazole rings is 1. The fourth-order valence-corrected chi connectivity index (χ4v) is 2.17. The van der Waals surface area contributed by atoms with Gasteiger partial charge in [0.25, 0.3) is 0 Å². The molecule has 2 heterocycles. The highest BCUT2D eigenvalue weighted by Crippen LogP contribution is 2.30. The van der Waals surface area contributed by atoms with Crippen LogP contribution in [0.2, 0.25) is 0 Å². The first kappa shape index (κ1) is 9.38. The van der Waals surface area contributed by atoms with Gasteiger partial charge < -0.3 is 16.0 Å². The van der Waals surface area contributed by atoms with Gasteiger partial charge in [-0.25, -0.2) is 4.98 Å². The smallest absolute Gasteiger partial charge is 0.224 e. The molecule has 0 saturated heterocycles. The maximum absolute atomic E-state index is 5.63. The van der Waals surface area contributed by atoms with Crippen LogP contribution in [0.1, 0.15) is 19.8 Å². The summed E-state index contributed by atoms with van der Waals surface area (Å²) in [5, 5.41) is 3.38. The predicted octanol–water partition coefficient (Wildman–Crippen LogP) is 1.15. The second-order valence-corrected chi connectivity index (χ2v) is 4.45. The molecule has 0 spiro atoms. The molecule has 1 aliphatic carbocycles. The lowest BCUT2D eigenvalue weighted by atomic mass is 9.82. The second kappa shape index (κ2) is 3.33. The molecule has 6 heteroatoms. The van der Waals surface area contributed by atoms with Gasteiger partial charge in [0.15, 0.2) is 11.5 Å². The molecule has 3 rings (SSSR count). The Morgan fingerprint density at radius 1 is 1.44 bits per heavy atom. The number of anilines is 2. The molecule has 0 amide bonds. The van der Waals surface area contributed by atoms with E-state index in [9.17, 15) is 0 Å². The van der Waals surface area contributed by atoms with Crippen LogP contribution in [0, 0.1) is 5.92 Å². The first-order chi connectivity index (χ1) is 7.72. The quantitative estimate of drug-likeness (QED) is 0.703. The molecule has 16 heavy (non-hydrogen) atoms. The summed E-state index contributed by atoms with van der Waals surface area (Å²) in [7, 11) is 0. The van der Waals surface area contributed by atoms with Crippen LogP contribution in [0.4, 0.5) is 11.8 Å². The van der Waals surface area contributed by atoms with Gasteiger partial charge in [-0.15, -0.1) is 0 Å². The zero-order valence-electron chi connectivity index (χ0n) is 9.07. The predicted molar refractivity (Wildman–Crippen MR) is 61.9 cm³/mol. The van der Waals surface area contributed by atoms with Gasteiger partial charge in [0.1, 0.15) is 5.52 Å². The zero-order valence-corrected chi connectivity index (χ0v) is 9.07. The molecule has 1 saturated carbocycles. The molecule has 84 valence electrons. The Morgan fingerprint density at radius 3 is 3.00 bits per heavy atom. The Labute approximate surface area is 92.7 Å². The van der Waals surface area contributed by atoms with E-state index in [0.29, 0.717) is 11.7 Å². The van der Waals surface area contributed by atoms with Gasteiger partial charge in [0, 0.05) is 6.04 Å². The lowest BCUT2D eigenvalue weighted by Gasteiger charge is -2.33. The summed E-state index contributed by atoms with van der Waals surface area (Å²) in [6.07, 6.45) is 3.96. The van der Waals surface area contributed by atoms with Crippen molar-refractivity contribution < 1.29 is 0 Å². The number of nitrogens with one attached hydrogen (secondary N) is 2. The van der Waals surface area contributed by atoms with E-state index in [0.717, 1.165) is 17.3 Å². The van der Waals surface area contributed by atoms with Crippen molar-refractivity contribution in [1.29, 1.82) is 0 Å². The van der Waals surface area contributed by atoms with Crippen LogP contribution in [0.5, 0.6) is 0 Å². The van der Waals surface area contributed by atoms with Crippen molar-refractivity contribution in [2.75, 3.05) is 11.1 Å². The highest BCUT2D eigenvalue weighted by molar-refractivity contribution is 5.83. The minimum absolute atomic E-state index is 0.259. The van der Waals surface area contributed by atoms with E-state index in [1.165, 1.54) is 12.8 Å². The van der Waals surface area contributed by atoms with Crippen molar-refractivity contribution in [2.24, 2.45) is 5.92 Å². The molecule has 6 nitrogen and oxygen atoms in total. The Bertz CT molecular complexity index is 513. The highest BCUT2D eigenvalue weighted by atomic mass is 15.1. The van der Waals surface area contributed by atoms with Crippen LogP contribution >= 0.6 is 0 Å². The lowest BCUT2D eigenvalue weighted by Crippen LogP contribution is -2.34. The van der Waals surface area contributed by atoms with Crippen LogP contribution in [0.3, 0.4) is 0 Å². The molecule has 2 aromatic rings. The van der Waals surface area contributed by atoms with Crippen molar-refractivity contribution in [1.82, 2.24) is 19.9 Å². The number of aromatic nitrogens is 4. The Balaban J connectivity index is 1.92.